The minimum absolute atomic E-state index is 0.156. The molecule has 2 aromatic rings. The Morgan fingerprint density at radius 2 is 2.00 bits per heavy atom. The molecule has 2 N–H and O–H groups in total. The lowest BCUT2D eigenvalue weighted by Crippen LogP contribution is -2.08. The van der Waals surface area contributed by atoms with Crippen molar-refractivity contribution in [3.8, 4) is 0 Å². The Kier molecular flexibility index (Phi) is 4.36. The van der Waals surface area contributed by atoms with E-state index in [1.165, 1.54) is 0 Å². The molecule has 1 aromatic carbocycles. The molecule has 0 saturated carbocycles. The van der Waals surface area contributed by atoms with Crippen molar-refractivity contribution < 1.29 is 4.79 Å². The zero-order valence-electron chi connectivity index (χ0n) is 9.87. The van der Waals surface area contributed by atoms with Gasteiger partial charge < -0.3 is 5.73 Å². The van der Waals surface area contributed by atoms with Crippen molar-refractivity contribution in [2.24, 2.45) is 0 Å². The predicted molar refractivity (Wildman–Crippen MR) is 74.5 cm³/mol. The van der Waals surface area contributed by atoms with Crippen LogP contribution >= 0.6 is 11.8 Å². The van der Waals surface area contributed by atoms with E-state index in [0.717, 1.165) is 10.5 Å². The van der Waals surface area contributed by atoms with E-state index in [1.54, 1.807) is 30.2 Å². The number of Topliss-reactive ketones (excluding diaryl/α,β-unsaturated/α-hetero) is 1. The van der Waals surface area contributed by atoms with Gasteiger partial charge in [-0.25, -0.2) is 0 Å². The molecule has 0 bridgehead atoms. The number of nitrogens with two attached hydrogens (primary N) is 1. The number of carbonyl (C=O) groups is 1. The summed E-state index contributed by atoms with van der Waals surface area (Å²) < 4.78 is 0. The first-order chi connectivity index (χ1) is 8.75. The Hall–Kier alpha value is -1.81. The number of pyridine rings is 1. The molecule has 0 radical (unpaired) electrons. The number of hydrogen-bond donors (Lipinski definition) is 1. The first-order valence-electron chi connectivity index (χ1n) is 5.63. The molecule has 0 unspecified atom stereocenters. The molecule has 0 atom stereocenters. The van der Waals surface area contributed by atoms with Gasteiger partial charge >= 0.3 is 0 Å². The molecule has 4 heteroatoms. The predicted octanol–water partition coefficient (Wildman–Crippen LogP) is 2.57. The lowest BCUT2D eigenvalue weighted by molar-refractivity contribution is -0.116. The summed E-state index contributed by atoms with van der Waals surface area (Å²) in [4.78, 5) is 16.9. The second kappa shape index (κ2) is 6.21. The quantitative estimate of drug-likeness (QED) is 0.837. The summed E-state index contributed by atoms with van der Waals surface area (Å²) in [7, 11) is 0. The molecule has 1 aromatic heterocycles. The number of hydrogen-bond acceptors (Lipinski definition) is 4. The van der Waals surface area contributed by atoms with E-state index in [4.69, 9.17) is 5.73 Å². The number of rotatable bonds is 5. The number of anilines is 1. The molecule has 0 spiro atoms. The number of nitrogen functional groups attached to an aromatic ring is 1. The Morgan fingerprint density at radius 1 is 1.22 bits per heavy atom. The molecule has 3 nitrogen and oxygen atoms in total. The van der Waals surface area contributed by atoms with E-state index in [9.17, 15) is 4.79 Å². The van der Waals surface area contributed by atoms with Crippen molar-refractivity contribution in [2.75, 3.05) is 11.5 Å². The molecule has 18 heavy (non-hydrogen) atoms. The van der Waals surface area contributed by atoms with Crippen molar-refractivity contribution >= 4 is 23.2 Å². The summed E-state index contributed by atoms with van der Waals surface area (Å²) in [6.45, 7) is 0. The second-order valence-electron chi connectivity index (χ2n) is 3.89. The maximum Gasteiger partial charge on any atom is 0.147 e. The van der Waals surface area contributed by atoms with Crippen LogP contribution in [0.1, 0.15) is 5.56 Å². The molecular formula is C14H14N2OS. The van der Waals surface area contributed by atoms with Crippen LogP contribution < -0.4 is 5.73 Å². The van der Waals surface area contributed by atoms with E-state index < -0.39 is 0 Å². The third-order valence-electron chi connectivity index (χ3n) is 2.47. The normalized spacial score (nSPS) is 10.2. The van der Waals surface area contributed by atoms with E-state index in [-0.39, 0.29) is 5.78 Å². The fourth-order valence-electron chi connectivity index (χ4n) is 1.53. The van der Waals surface area contributed by atoms with Crippen LogP contribution in [0.3, 0.4) is 0 Å². The van der Waals surface area contributed by atoms with Crippen LogP contribution in [0.2, 0.25) is 0 Å². The zero-order valence-corrected chi connectivity index (χ0v) is 10.7. The van der Waals surface area contributed by atoms with Crippen LogP contribution in [0.4, 0.5) is 5.69 Å². The van der Waals surface area contributed by atoms with Gasteiger partial charge in [-0.15, -0.1) is 11.8 Å². The average molecular weight is 258 g/mol. The van der Waals surface area contributed by atoms with Crippen LogP contribution in [0, 0.1) is 0 Å². The molecule has 0 saturated heterocycles. The summed E-state index contributed by atoms with van der Waals surface area (Å²) >= 11 is 1.54. The smallest absolute Gasteiger partial charge is 0.147 e. The van der Waals surface area contributed by atoms with E-state index >= 15 is 0 Å². The standard InChI is InChI=1S/C14H14N2OS/c15-14-6-7-16-9-11(14)8-12(17)10-18-13-4-2-1-3-5-13/h1-7,9H,8,10H2,(H2,15,16). The molecule has 0 amide bonds. The Morgan fingerprint density at radius 3 is 2.72 bits per heavy atom. The zero-order chi connectivity index (χ0) is 12.8. The van der Waals surface area contributed by atoms with E-state index in [0.29, 0.717) is 17.9 Å². The topological polar surface area (TPSA) is 56.0 Å². The van der Waals surface area contributed by atoms with Gasteiger partial charge in [-0.1, -0.05) is 18.2 Å². The number of benzene rings is 1. The highest BCUT2D eigenvalue weighted by atomic mass is 32.2. The van der Waals surface area contributed by atoms with E-state index in [1.807, 2.05) is 30.3 Å². The van der Waals surface area contributed by atoms with Crippen molar-refractivity contribution in [3.05, 3.63) is 54.4 Å². The summed E-state index contributed by atoms with van der Waals surface area (Å²) in [5.41, 5.74) is 7.21. The van der Waals surface area contributed by atoms with Gasteiger partial charge in [0.05, 0.1) is 5.75 Å². The fourth-order valence-corrected chi connectivity index (χ4v) is 2.31. The van der Waals surface area contributed by atoms with Gasteiger partial charge in [0.1, 0.15) is 5.78 Å². The third-order valence-corrected chi connectivity index (χ3v) is 3.54. The number of thioether (sulfide) groups is 1. The summed E-state index contributed by atoms with van der Waals surface area (Å²) in [5.74, 6) is 0.613. The fraction of sp³-hybridized carbons (Fsp3) is 0.143. The highest BCUT2D eigenvalue weighted by molar-refractivity contribution is 8.00. The minimum Gasteiger partial charge on any atom is -0.398 e. The van der Waals surface area contributed by atoms with Crippen LogP contribution in [0.25, 0.3) is 0 Å². The summed E-state index contributed by atoms with van der Waals surface area (Å²) in [6, 6.07) is 11.6. The lowest BCUT2D eigenvalue weighted by Gasteiger charge is -2.04. The first kappa shape index (κ1) is 12.6. The number of nitrogens with zero attached hydrogens (tertiary/aromatic N) is 1. The largest absolute Gasteiger partial charge is 0.398 e. The van der Waals surface area contributed by atoms with Gasteiger partial charge in [0.25, 0.3) is 0 Å². The minimum atomic E-state index is 0.156. The Labute approximate surface area is 110 Å². The van der Waals surface area contributed by atoms with Gasteiger partial charge in [-0.2, -0.15) is 0 Å². The maximum absolute atomic E-state index is 11.8. The van der Waals surface area contributed by atoms with Gasteiger partial charge in [-0.05, 0) is 18.2 Å². The Bertz CT molecular complexity index is 528. The number of aromatic nitrogens is 1. The summed E-state index contributed by atoms with van der Waals surface area (Å²) in [6.07, 6.45) is 3.63. The van der Waals surface area contributed by atoms with Crippen molar-refractivity contribution in [1.82, 2.24) is 4.98 Å². The van der Waals surface area contributed by atoms with Gasteiger partial charge in [0, 0.05) is 35.0 Å². The maximum atomic E-state index is 11.8. The molecule has 0 aliphatic carbocycles. The highest BCUT2D eigenvalue weighted by Gasteiger charge is 2.07. The van der Waals surface area contributed by atoms with Crippen molar-refractivity contribution in [3.63, 3.8) is 0 Å². The SMILES string of the molecule is Nc1ccncc1CC(=O)CSc1ccccc1. The monoisotopic (exact) mass is 258 g/mol. The van der Waals surface area contributed by atoms with E-state index in [2.05, 4.69) is 4.98 Å². The molecule has 0 fully saturated rings. The third kappa shape index (κ3) is 3.60. The van der Waals surface area contributed by atoms with Gasteiger partial charge in [0.2, 0.25) is 0 Å². The van der Waals surface area contributed by atoms with Gasteiger partial charge in [-0.3, -0.25) is 9.78 Å². The Balaban J connectivity index is 1.88. The molecule has 0 aliphatic rings. The summed E-state index contributed by atoms with van der Waals surface area (Å²) in [5, 5.41) is 0. The number of carbonyl (C=O) groups excluding carboxylic acids is 1. The molecule has 92 valence electrons. The van der Waals surface area contributed by atoms with Crippen LogP contribution in [0.15, 0.2) is 53.7 Å². The highest BCUT2D eigenvalue weighted by Crippen LogP contribution is 2.18. The second-order valence-corrected chi connectivity index (χ2v) is 4.94. The lowest BCUT2D eigenvalue weighted by atomic mass is 10.1. The van der Waals surface area contributed by atoms with Crippen LogP contribution in [-0.2, 0) is 11.2 Å². The molecule has 0 aliphatic heterocycles. The molecule has 1 heterocycles. The average Bonchev–Trinajstić information content (AvgIpc) is 2.40. The number of ketones is 1. The van der Waals surface area contributed by atoms with Crippen LogP contribution in [0.5, 0.6) is 0 Å². The van der Waals surface area contributed by atoms with Crippen molar-refractivity contribution in [1.29, 1.82) is 0 Å². The molecular weight excluding hydrogens is 244 g/mol. The first-order valence-corrected chi connectivity index (χ1v) is 6.62. The van der Waals surface area contributed by atoms with Gasteiger partial charge in [0.15, 0.2) is 0 Å². The van der Waals surface area contributed by atoms with Crippen LogP contribution in [-0.4, -0.2) is 16.5 Å². The van der Waals surface area contributed by atoms with Crippen molar-refractivity contribution in [2.45, 2.75) is 11.3 Å². The molecule has 2 rings (SSSR count).